The highest BCUT2D eigenvalue weighted by Crippen LogP contribution is 2.30. The van der Waals surface area contributed by atoms with Gasteiger partial charge in [-0.2, -0.15) is 0 Å². The van der Waals surface area contributed by atoms with E-state index in [1.807, 2.05) is 0 Å². The molecule has 1 fully saturated rings. The van der Waals surface area contributed by atoms with Crippen LogP contribution in [0.5, 0.6) is 0 Å². The molecule has 1 aliphatic rings. The number of nitrogens with zero attached hydrogens (tertiary/aromatic N) is 3. The normalized spacial score (nSPS) is 24.2. The Morgan fingerprint density at radius 2 is 2.32 bits per heavy atom. The van der Waals surface area contributed by atoms with E-state index >= 15 is 0 Å². The van der Waals surface area contributed by atoms with Gasteiger partial charge in [0, 0.05) is 24.8 Å². The summed E-state index contributed by atoms with van der Waals surface area (Å²) in [7, 11) is 2.06. The van der Waals surface area contributed by atoms with E-state index in [0.717, 1.165) is 17.2 Å². The number of anilines is 1. The topological polar surface area (TPSA) is 74.7 Å². The van der Waals surface area contributed by atoms with Gasteiger partial charge in [-0.15, -0.1) is 0 Å². The first-order valence-electron chi connectivity index (χ1n) is 6.78. The summed E-state index contributed by atoms with van der Waals surface area (Å²) in [6.45, 7) is 2.30. The molecule has 2 unspecified atom stereocenters. The first-order chi connectivity index (χ1) is 9.13. The molecule has 1 aliphatic carbocycles. The van der Waals surface area contributed by atoms with Gasteiger partial charge in [0.05, 0.1) is 11.9 Å². The Balaban J connectivity index is 2.25. The van der Waals surface area contributed by atoms with Crippen molar-refractivity contribution in [2.45, 2.75) is 38.6 Å². The molecule has 0 saturated heterocycles. The Labute approximate surface area is 114 Å². The maximum Gasteiger partial charge on any atom is 0.172 e. The lowest BCUT2D eigenvalue weighted by Gasteiger charge is -2.36. The lowest BCUT2D eigenvalue weighted by atomic mass is 9.86. The maximum absolute atomic E-state index is 8.87. The van der Waals surface area contributed by atoms with E-state index in [1.165, 1.54) is 25.7 Å². The number of nitrogens with two attached hydrogens (primary N) is 1. The van der Waals surface area contributed by atoms with Crippen molar-refractivity contribution >= 4 is 11.5 Å². The van der Waals surface area contributed by atoms with Crippen molar-refractivity contribution < 1.29 is 5.21 Å². The molecule has 19 heavy (non-hydrogen) atoms. The van der Waals surface area contributed by atoms with Crippen LogP contribution in [0, 0.1) is 5.92 Å². The Morgan fingerprint density at radius 3 is 3.00 bits per heavy atom. The van der Waals surface area contributed by atoms with Gasteiger partial charge in [0.15, 0.2) is 5.84 Å². The fourth-order valence-corrected chi connectivity index (χ4v) is 2.89. The number of aromatic nitrogens is 1. The molecule has 2 atom stereocenters. The van der Waals surface area contributed by atoms with Gasteiger partial charge in [-0.1, -0.05) is 24.9 Å². The molecular weight excluding hydrogens is 240 g/mol. The zero-order valence-corrected chi connectivity index (χ0v) is 11.6. The van der Waals surface area contributed by atoms with E-state index in [9.17, 15) is 0 Å². The summed E-state index contributed by atoms with van der Waals surface area (Å²) in [5.41, 5.74) is 7.40. The molecule has 1 aromatic rings. The summed E-state index contributed by atoms with van der Waals surface area (Å²) in [5.74, 6) is 0.887. The zero-order chi connectivity index (χ0) is 13.8. The molecule has 2 rings (SSSR count). The van der Waals surface area contributed by atoms with Crippen LogP contribution in [0.3, 0.4) is 0 Å². The van der Waals surface area contributed by atoms with Crippen LogP contribution in [0.1, 0.15) is 38.2 Å². The SMILES string of the molecule is CC1CCCC(N(C)c2cnccc2/C(N)=N/O)C1. The third kappa shape index (κ3) is 2.97. The van der Waals surface area contributed by atoms with Gasteiger partial charge < -0.3 is 15.8 Å². The van der Waals surface area contributed by atoms with Crippen molar-refractivity contribution in [3.05, 3.63) is 24.0 Å². The summed E-state index contributed by atoms with van der Waals surface area (Å²) in [6, 6.07) is 2.28. The van der Waals surface area contributed by atoms with Gasteiger partial charge in [-0.25, -0.2) is 0 Å². The fourth-order valence-electron chi connectivity index (χ4n) is 2.89. The van der Waals surface area contributed by atoms with E-state index in [4.69, 9.17) is 10.9 Å². The molecular formula is C14H22N4O. The second-order valence-electron chi connectivity index (χ2n) is 5.41. The molecule has 0 spiro atoms. The predicted molar refractivity (Wildman–Crippen MR) is 76.6 cm³/mol. The van der Waals surface area contributed by atoms with Crippen molar-refractivity contribution in [2.24, 2.45) is 16.8 Å². The van der Waals surface area contributed by atoms with E-state index < -0.39 is 0 Å². The molecule has 5 heteroatoms. The van der Waals surface area contributed by atoms with Crippen molar-refractivity contribution in [1.29, 1.82) is 0 Å². The van der Waals surface area contributed by atoms with Crippen LogP contribution in [0.2, 0.25) is 0 Å². The van der Waals surface area contributed by atoms with E-state index in [1.54, 1.807) is 18.5 Å². The Kier molecular flexibility index (Phi) is 4.24. The fraction of sp³-hybridized carbons (Fsp3) is 0.571. The Morgan fingerprint density at radius 1 is 1.53 bits per heavy atom. The monoisotopic (exact) mass is 262 g/mol. The van der Waals surface area contributed by atoms with Crippen LogP contribution < -0.4 is 10.6 Å². The van der Waals surface area contributed by atoms with Crippen LogP contribution in [-0.4, -0.2) is 29.1 Å². The molecule has 0 aliphatic heterocycles. The minimum atomic E-state index is 0.133. The number of pyridine rings is 1. The van der Waals surface area contributed by atoms with Crippen LogP contribution in [0.4, 0.5) is 5.69 Å². The summed E-state index contributed by atoms with van der Waals surface area (Å²) >= 11 is 0. The highest BCUT2D eigenvalue weighted by Gasteiger charge is 2.24. The molecule has 5 nitrogen and oxygen atoms in total. The summed E-state index contributed by atoms with van der Waals surface area (Å²) in [4.78, 5) is 6.38. The summed E-state index contributed by atoms with van der Waals surface area (Å²) < 4.78 is 0. The minimum Gasteiger partial charge on any atom is -0.409 e. The average molecular weight is 262 g/mol. The molecule has 104 valence electrons. The maximum atomic E-state index is 8.87. The first kappa shape index (κ1) is 13.6. The van der Waals surface area contributed by atoms with Crippen molar-refractivity contribution in [1.82, 2.24) is 4.98 Å². The molecule has 3 N–H and O–H groups in total. The summed E-state index contributed by atoms with van der Waals surface area (Å²) in [5, 5.41) is 12.0. The molecule has 0 aromatic carbocycles. The molecule has 1 aromatic heterocycles. The third-order valence-corrected chi connectivity index (χ3v) is 4.02. The standard InChI is InChI=1S/C14H22N4O/c1-10-4-3-5-11(8-10)18(2)13-9-16-7-6-12(13)14(15)17-19/h6-7,9-11,19H,3-5,8H2,1-2H3,(H2,15,17). The number of amidine groups is 1. The first-order valence-corrected chi connectivity index (χ1v) is 6.78. The molecule has 1 saturated carbocycles. The second-order valence-corrected chi connectivity index (χ2v) is 5.41. The van der Waals surface area contributed by atoms with Crippen LogP contribution in [0.15, 0.2) is 23.6 Å². The van der Waals surface area contributed by atoms with Gasteiger partial charge in [-0.05, 0) is 24.8 Å². The van der Waals surface area contributed by atoms with Crippen molar-refractivity contribution in [3.8, 4) is 0 Å². The molecule has 0 amide bonds. The molecule has 0 radical (unpaired) electrons. The van der Waals surface area contributed by atoms with Gasteiger partial charge >= 0.3 is 0 Å². The predicted octanol–water partition coefficient (Wildman–Crippen LogP) is 2.19. The van der Waals surface area contributed by atoms with Crippen molar-refractivity contribution in [3.63, 3.8) is 0 Å². The van der Waals surface area contributed by atoms with Gasteiger partial charge in [0.25, 0.3) is 0 Å². The second kappa shape index (κ2) is 5.91. The highest BCUT2D eigenvalue weighted by atomic mass is 16.4. The minimum absolute atomic E-state index is 0.133. The zero-order valence-electron chi connectivity index (χ0n) is 11.6. The van der Waals surface area contributed by atoms with Crippen LogP contribution in [0.25, 0.3) is 0 Å². The molecule has 1 heterocycles. The molecule has 0 bridgehead atoms. The Bertz CT molecular complexity index is 461. The quantitative estimate of drug-likeness (QED) is 0.379. The lowest BCUT2D eigenvalue weighted by Crippen LogP contribution is -2.37. The van der Waals surface area contributed by atoms with Gasteiger partial charge in [0.2, 0.25) is 0 Å². The smallest absolute Gasteiger partial charge is 0.172 e. The highest BCUT2D eigenvalue weighted by molar-refractivity contribution is 6.02. The van der Waals surface area contributed by atoms with Gasteiger partial charge in [0.1, 0.15) is 0 Å². The van der Waals surface area contributed by atoms with E-state index in [0.29, 0.717) is 6.04 Å². The van der Waals surface area contributed by atoms with E-state index in [-0.39, 0.29) is 5.84 Å². The lowest BCUT2D eigenvalue weighted by molar-refractivity contribution is 0.318. The Hall–Kier alpha value is -1.78. The number of rotatable bonds is 3. The average Bonchev–Trinajstić information content (AvgIpc) is 2.45. The van der Waals surface area contributed by atoms with Crippen LogP contribution in [-0.2, 0) is 0 Å². The number of hydrogen-bond donors (Lipinski definition) is 2. The van der Waals surface area contributed by atoms with Crippen LogP contribution >= 0.6 is 0 Å². The number of oxime groups is 1. The summed E-state index contributed by atoms with van der Waals surface area (Å²) in [6.07, 6.45) is 8.38. The third-order valence-electron chi connectivity index (χ3n) is 4.02. The van der Waals surface area contributed by atoms with Gasteiger partial charge in [-0.3, -0.25) is 4.98 Å². The van der Waals surface area contributed by atoms with E-state index in [2.05, 4.69) is 29.0 Å². The largest absolute Gasteiger partial charge is 0.409 e. The van der Waals surface area contributed by atoms with Crippen molar-refractivity contribution in [2.75, 3.05) is 11.9 Å². The number of hydrogen-bond acceptors (Lipinski definition) is 4.